The number of nitrogens with zero attached hydrogens (tertiary/aromatic N) is 1. The van der Waals surface area contributed by atoms with Crippen LogP contribution >= 0.6 is 35.7 Å². The van der Waals surface area contributed by atoms with E-state index in [1.54, 1.807) is 23.9 Å². The Bertz CT molecular complexity index is 845. The van der Waals surface area contributed by atoms with Crippen molar-refractivity contribution >= 4 is 58.0 Å². The number of carbonyl (C=O) groups is 2. The number of carbonyl (C=O) groups excluding carboxylic acids is 1. The highest BCUT2D eigenvalue weighted by Gasteiger charge is 2.33. The molecule has 0 bridgehead atoms. The lowest BCUT2D eigenvalue weighted by molar-refractivity contribution is -0.140. The van der Waals surface area contributed by atoms with Gasteiger partial charge >= 0.3 is 5.97 Å². The third-order valence-electron chi connectivity index (χ3n) is 3.27. The second kappa shape index (κ2) is 7.90. The molecule has 128 valence electrons. The summed E-state index contributed by atoms with van der Waals surface area (Å²) in [6, 6.07) is 13.7. The van der Waals surface area contributed by atoms with Crippen molar-refractivity contribution in [3.8, 4) is 0 Å². The van der Waals surface area contributed by atoms with Gasteiger partial charge in [-0.1, -0.05) is 66.1 Å². The number of benzene rings is 1. The average Bonchev–Trinajstić information content (AvgIpc) is 3.14. The number of amides is 1. The number of thioether (sulfide) groups is 2. The summed E-state index contributed by atoms with van der Waals surface area (Å²) in [6.45, 7) is -0.432. The van der Waals surface area contributed by atoms with Crippen LogP contribution in [0.4, 0.5) is 0 Å². The Hall–Kier alpha value is -2.03. The molecule has 8 heteroatoms. The number of hydrogen-bond acceptors (Lipinski definition) is 6. The first kappa shape index (κ1) is 17.8. The fraction of sp³-hybridized carbons (Fsp3) is 0.118. The predicted molar refractivity (Wildman–Crippen MR) is 102 cm³/mol. The van der Waals surface area contributed by atoms with E-state index in [2.05, 4.69) is 0 Å². The Morgan fingerprint density at radius 3 is 2.76 bits per heavy atom. The van der Waals surface area contributed by atoms with Gasteiger partial charge in [-0.25, -0.2) is 0 Å². The summed E-state index contributed by atoms with van der Waals surface area (Å²) in [6.07, 6.45) is 1.59. The third kappa shape index (κ3) is 4.53. The molecule has 2 aromatic rings. The van der Waals surface area contributed by atoms with Crippen molar-refractivity contribution in [1.82, 2.24) is 4.90 Å². The van der Waals surface area contributed by atoms with Crippen LogP contribution in [0.1, 0.15) is 11.3 Å². The predicted octanol–water partition coefficient (Wildman–Crippen LogP) is 3.86. The van der Waals surface area contributed by atoms with Crippen LogP contribution in [0.5, 0.6) is 0 Å². The molecule has 1 N–H and O–H groups in total. The van der Waals surface area contributed by atoms with Crippen LogP contribution < -0.4 is 0 Å². The number of carboxylic acid groups (broad SMARTS) is 1. The van der Waals surface area contributed by atoms with Crippen molar-refractivity contribution in [3.63, 3.8) is 0 Å². The van der Waals surface area contributed by atoms with Crippen LogP contribution in [-0.2, 0) is 15.3 Å². The number of thiocarbonyl (C=S) groups is 1. The van der Waals surface area contributed by atoms with E-state index in [0.717, 1.165) is 27.5 Å². The maximum atomic E-state index is 12.2. The van der Waals surface area contributed by atoms with Gasteiger partial charge < -0.3 is 9.52 Å². The summed E-state index contributed by atoms with van der Waals surface area (Å²) in [5.74, 6) is -0.192. The topological polar surface area (TPSA) is 70.8 Å². The first-order chi connectivity index (χ1) is 12.0. The molecule has 3 rings (SSSR count). The van der Waals surface area contributed by atoms with Crippen molar-refractivity contribution in [2.45, 2.75) is 10.8 Å². The van der Waals surface area contributed by atoms with Crippen molar-refractivity contribution in [3.05, 3.63) is 58.7 Å². The highest BCUT2D eigenvalue weighted by Crippen LogP contribution is 2.33. The van der Waals surface area contributed by atoms with E-state index < -0.39 is 18.4 Å². The number of rotatable bonds is 6. The van der Waals surface area contributed by atoms with Gasteiger partial charge in [0.1, 0.15) is 16.6 Å². The Morgan fingerprint density at radius 1 is 1.28 bits per heavy atom. The molecule has 1 amide bonds. The van der Waals surface area contributed by atoms with Crippen LogP contribution in [0.2, 0.25) is 0 Å². The van der Waals surface area contributed by atoms with Gasteiger partial charge in [-0.2, -0.15) is 0 Å². The molecule has 5 nitrogen and oxygen atoms in total. The van der Waals surface area contributed by atoms with Crippen molar-refractivity contribution in [2.75, 3.05) is 6.54 Å². The van der Waals surface area contributed by atoms with Gasteiger partial charge in [-0.05, 0) is 17.7 Å². The number of aliphatic carboxylic acids is 1. The third-order valence-corrected chi connectivity index (χ3v) is 5.63. The Labute approximate surface area is 158 Å². The van der Waals surface area contributed by atoms with E-state index in [0.29, 0.717) is 10.7 Å². The normalized spacial score (nSPS) is 16.0. The van der Waals surface area contributed by atoms with E-state index in [1.807, 2.05) is 36.4 Å². The van der Waals surface area contributed by atoms with E-state index in [9.17, 15) is 9.59 Å². The maximum absolute atomic E-state index is 12.2. The highest BCUT2D eigenvalue weighted by molar-refractivity contribution is 8.26. The lowest BCUT2D eigenvalue weighted by atomic mass is 10.2. The molecule has 1 fully saturated rings. The van der Waals surface area contributed by atoms with Crippen LogP contribution in [0.25, 0.3) is 6.08 Å². The van der Waals surface area contributed by atoms with Crippen molar-refractivity contribution in [2.24, 2.45) is 0 Å². The Kier molecular flexibility index (Phi) is 5.62. The summed E-state index contributed by atoms with van der Waals surface area (Å²) in [7, 11) is 0. The molecule has 2 heterocycles. The minimum Gasteiger partial charge on any atom is -0.480 e. The van der Waals surface area contributed by atoms with Gasteiger partial charge in [0.05, 0.1) is 4.91 Å². The summed E-state index contributed by atoms with van der Waals surface area (Å²) >= 11 is 7.70. The molecule has 1 aromatic carbocycles. The fourth-order valence-electron chi connectivity index (χ4n) is 2.12. The molecule has 0 radical (unpaired) electrons. The van der Waals surface area contributed by atoms with Gasteiger partial charge in [0, 0.05) is 11.8 Å². The average molecular weight is 391 g/mol. The number of hydrogen-bond donors (Lipinski definition) is 1. The molecule has 1 saturated heterocycles. The molecule has 1 aromatic heterocycles. The summed E-state index contributed by atoms with van der Waals surface area (Å²) in [4.78, 5) is 24.4. The van der Waals surface area contributed by atoms with Crippen LogP contribution in [-0.4, -0.2) is 32.7 Å². The lowest BCUT2D eigenvalue weighted by Gasteiger charge is -2.09. The van der Waals surface area contributed by atoms with Crippen molar-refractivity contribution in [1.29, 1.82) is 0 Å². The standard InChI is InChI=1S/C17H13NO4S3/c19-14(20)9-18-16(21)13(25-17(18)23)8-12-6-7-15(22-12)24-10-11-4-2-1-3-5-11/h1-8H,9-10H2,(H,19,20)/b13-8-. The summed E-state index contributed by atoms with van der Waals surface area (Å²) in [5.41, 5.74) is 1.19. The summed E-state index contributed by atoms with van der Waals surface area (Å²) in [5, 5.41) is 9.58. The van der Waals surface area contributed by atoms with Crippen LogP contribution in [0.3, 0.4) is 0 Å². The molecule has 1 aliphatic rings. The molecule has 0 aliphatic carbocycles. The second-order valence-corrected chi connectivity index (χ2v) is 7.75. The Morgan fingerprint density at radius 2 is 2.04 bits per heavy atom. The zero-order valence-corrected chi connectivity index (χ0v) is 15.3. The quantitative estimate of drug-likeness (QED) is 0.455. The molecular formula is C17H13NO4S3. The van der Waals surface area contributed by atoms with Gasteiger partial charge in [-0.3, -0.25) is 14.5 Å². The molecule has 25 heavy (non-hydrogen) atoms. The first-order valence-corrected chi connectivity index (χ1v) is 9.47. The number of furan rings is 1. The monoisotopic (exact) mass is 391 g/mol. The highest BCUT2D eigenvalue weighted by atomic mass is 32.2. The smallest absolute Gasteiger partial charge is 0.323 e. The van der Waals surface area contributed by atoms with Gasteiger partial charge in [-0.15, -0.1) is 0 Å². The van der Waals surface area contributed by atoms with Crippen LogP contribution in [0, 0.1) is 0 Å². The molecular weight excluding hydrogens is 378 g/mol. The minimum absolute atomic E-state index is 0.240. The zero-order valence-electron chi connectivity index (χ0n) is 12.9. The second-order valence-electron chi connectivity index (χ2n) is 5.09. The molecule has 1 aliphatic heterocycles. The summed E-state index contributed by atoms with van der Waals surface area (Å²) < 4.78 is 5.95. The van der Waals surface area contributed by atoms with Crippen molar-refractivity contribution < 1.29 is 19.1 Å². The van der Waals surface area contributed by atoms with E-state index in [4.69, 9.17) is 21.7 Å². The van der Waals surface area contributed by atoms with E-state index >= 15 is 0 Å². The number of carboxylic acids is 1. The molecule has 0 spiro atoms. The fourth-order valence-corrected chi connectivity index (χ4v) is 4.17. The van der Waals surface area contributed by atoms with Gasteiger partial charge in [0.15, 0.2) is 5.09 Å². The first-order valence-electron chi connectivity index (χ1n) is 7.26. The molecule has 0 saturated carbocycles. The van der Waals surface area contributed by atoms with Gasteiger partial charge in [0.25, 0.3) is 5.91 Å². The molecule has 0 atom stereocenters. The maximum Gasteiger partial charge on any atom is 0.323 e. The zero-order chi connectivity index (χ0) is 17.8. The minimum atomic E-state index is -1.10. The van der Waals surface area contributed by atoms with E-state index in [-0.39, 0.29) is 4.32 Å². The largest absolute Gasteiger partial charge is 0.480 e. The van der Waals surface area contributed by atoms with Gasteiger partial charge in [0.2, 0.25) is 0 Å². The Balaban J connectivity index is 1.66. The van der Waals surface area contributed by atoms with E-state index in [1.165, 1.54) is 5.56 Å². The SMILES string of the molecule is O=C(O)CN1C(=O)/C(=C/c2ccc(SCc3ccccc3)o2)SC1=S. The lowest BCUT2D eigenvalue weighted by Crippen LogP contribution is -2.33. The molecule has 0 unspecified atom stereocenters. The van der Waals surface area contributed by atoms with Crippen LogP contribution in [0.15, 0.2) is 56.9 Å².